The lowest BCUT2D eigenvalue weighted by Crippen LogP contribution is -2.23. The lowest BCUT2D eigenvalue weighted by molar-refractivity contribution is -0.384. The molecule has 9 heteroatoms. The number of nitro groups is 1. The fourth-order valence-electron chi connectivity index (χ4n) is 2.93. The largest absolute Gasteiger partial charge is 0.273 e. The summed E-state index contributed by atoms with van der Waals surface area (Å²) in [5.74, 6) is -0.391. The number of nitro benzene ring substituents is 1. The molecule has 1 aromatic heterocycles. The number of rotatable bonds is 6. The Kier molecular flexibility index (Phi) is 6.71. The molecule has 0 spiro atoms. The maximum atomic E-state index is 13.1. The molecule has 0 aliphatic carbocycles. The van der Waals surface area contributed by atoms with Crippen LogP contribution >= 0.6 is 27.3 Å². The van der Waals surface area contributed by atoms with Crippen LogP contribution in [0.5, 0.6) is 0 Å². The lowest BCUT2D eigenvalue weighted by atomic mass is 10.2. The third-order valence-corrected chi connectivity index (χ3v) is 6.16. The number of amides is 1. The van der Waals surface area contributed by atoms with Gasteiger partial charge in [-0.2, -0.15) is 10.1 Å². The molecule has 4 rings (SSSR count). The summed E-state index contributed by atoms with van der Waals surface area (Å²) in [6.07, 6.45) is 4.56. The highest BCUT2D eigenvalue weighted by atomic mass is 79.9. The molecule has 0 fully saturated rings. The Hall–Kier alpha value is -3.69. The zero-order valence-corrected chi connectivity index (χ0v) is 19.8. The minimum Gasteiger partial charge on any atom is -0.267 e. The average molecular weight is 521 g/mol. The summed E-state index contributed by atoms with van der Waals surface area (Å²) in [5, 5.41) is 16.9. The van der Waals surface area contributed by atoms with Crippen molar-refractivity contribution in [2.45, 2.75) is 6.92 Å². The molecule has 0 unspecified atom stereocenters. The molecule has 4 aromatic rings. The number of anilines is 1. The zero-order chi connectivity index (χ0) is 23.4. The van der Waals surface area contributed by atoms with Crippen molar-refractivity contribution in [3.63, 3.8) is 0 Å². The van der Waals surface area contributed by atoms with Crippen LogP contribution in [0, 0.1) is 17.0 Å². The van der Waals surface area contributed by atoms with E-state index in [1.54, 1.807) is 24.4 Å². The summed E-state index contributed by atoms with van der Waals surface area (Å²) in [7, 11) is 0. The van der Waals surface area contributed by atoms with Crippen molar-refractivity contribution in [2.24, 2.45) is 5.10 Å². The van der Waals surface area contributed by atoms with Gasteiger partial charge in [-0.15, -0.1) is 0 Å². The second kappa shape index (κ2) is 9.85. The first kappa shape index (κ1) is 22.5. The van der Waals surface area contributed by atoms with Crippen molar-refractivity contribution in [1.82, 2.24) is 4.98 Å². The number of non-ortho nitro benzene ring substituents is 1. The van der Waals surface area contributed by atoms with Gasteiger partial charge in [0, 0.05) is 22.7 Å². The van der Waals surface area contributed by atoms with E-state index in [1.807, 2.05) is 49.4 Å². The third kappa shape index (κ3) is 5.57. The Morgan fingerprint density at radius 2 is 1.79 bits per heavy atom. The van der Waals surface area contributed by atoms with Gasteiger partial charge in [0.1, 0.15) is 0 Å². The van der Waals surface area contributed by atoms with Crippen LogP contribution in [-0.2, 0) is 4.79 Å². The van der Waals surface area contributed by atoms with Crippen LogP contribution in [0.15, 0.2) is 82.4 Å². The maximum Gasteiger partial charge on any atom is 0.273 e. The van der Waals surface area contributed by atoms with Crippen molar-refractivity contribution in [3.8, 4) is 0 Å². The molecule has 0 bridgehead atoms. The molecule has 164 valence electrons. The number of carbonyl (C=O) groups excluding carboxylic acids is 1. The van der Waals surface area contributed by atoms with Crippen LogP contribution in [0.25, 0.3) is 16.3 Å². The van der Waals surface area contributed by atoms with E-state index in [9.17, 15) is 14.9 Å². The Morgan fingerprint density at radius 1 is 1.09 bits per heavy atom. The summed E-state index contributed by atoms with van der Waals surface area (Å²) in [6, 6.07) is 19.4. The normalized spacial score (nSPS) is 11.5. The molecule has 0 radical (unpaired) electrons. The molecular formula is C24H17BrN4O3S. The number of aryl methyl sites for hydroxylation is 1. The van der Waals surface area contributed by atoms with Gasteiger partial charge in [-0.05, 0) is 66.1 Å². The number of aromatic nitrogens is 1. The molecule has 33 heavy (non-hydrogen) atoms. The van der Waals surface area contributed by atoms with E-state index in [-0.39, 0.29) is 5.69 Å². The van der Waals surface area contributed by atoms with E-state index in [0.717, 1.165) is 25.8 Å². The third-order valence-electron chi connectivity index (χ3n) is 4.64. The highest BCUT2D eigenvalue weighted by molar-refractivity contribution is 9.10. The summed E-state index contributed by atoms with van der Waals surface area (Å²) < 4.78 is 1.90. The fraction of sp³-hybridized carbons (Fsp3) is 0.0417. The van der Waals surface area contributed by atoms with Gasteiger partial charge in [-0.25, -0.2) is 4.98 Å². The molecule has 0 saturated heterocycles. The van der Waals surface area contributed by atoms with E-state index >= 15 is 0 Å². The number of benzene rings is 3. The molecule has 0 atom stereocenters. The van der Waals surface area contributed by atoms with Gasteiger partial charge in [-0.1, -0.05) is 45.5 Å². The van der Waals surface area contributed by atoms with Gasteiger partial charge < -0.3 is 0 Å². The van der Waals surface area contributed by atoms with Gasteiger partial charge in [-0.3, -0.25) is 14.9 Å². The Morgan fingerprint density at radius 3 is 2.48 bits per heavy atom. The number of thiazole rings is 1. The zero-order valence-electron chi connectivity index (χ0n) is 17.4. The van der Waals surface area contributed by atoms with Crippen molar-refractivity contribution in [3.05, 3.63) is 104 Å². The van der Waals surface area contributed by atoms with Gasteiger partial charge >= 0.3 is 0 Å². The Bertz CT molecular complexity index is 1380. The second-order valence-corrected chi connectivity index (χ2v) is 9.02. The molecule has 0 aliphatic rings. The first-order chi connectivity index (χ1) is 15.9. The summed E-state index contributed by atoms with van der Waals surface area (Å²) in [6.45, 7) is 2.00. The van der Waals surface area contributed by atoms with E-state index in [1.165, 1.54) is 34.6 Å². The van der Waals surface area contributed by atoms with Crippen LogP contribution in [-0.4, -0.2) is 22.0 Å². The van der Waals surface area contributed by atoms with Crippen molar-refractivity contribution >= 4 is 66.5 Å². The topological polar surface area (TPSA) is 88.7 Å². The number of hydrogen-bond donors (Lipinski definition) is 0. The van der Waals surface area contributed by atoms with E-state index in [2.05, 4.69) is 26.0 Å². The van der Waals surface area contributed by atoms with E-state index in [0.29, 0.717) is 10.7 Å². The quantitative estimate of drug-likeness (QED) is 0.128. The first-order valence-corrected chi connectivity index (χ1v) is 11.4. The monoisotopic (exact) mass is 520 g/mol. The number of hydrazone groups is 1. The predicted molar refractivity (Wildman–Crippen MR) is 136 cm³/mol. The Balaban J connectivity index is 1.65. The van der Waals surface area contributed by atoms with Gasteiger partial charge in [0.05, 0.1) is 21.4 Å². The predicted octanol–water partition coefficient (Wildman–Crippen LogP) is 6.36. The first-order valence-electron chi connectivity index (χ1n) is 9.82. The minimum absolute atomic E-state index is 0.0102. The number of halogens is 1. The molecule has 0 saturated carbocycles. The number of carbonyl (C=O) groups is 1. The average Bonchev–Trinajstić information content (AvgIpc) is 3.22. The van der Waals surface area contributed by atoms with Crippen LogP contribution < -0.4 is 5.01 Å². The van der Waals surface area contributed by atoms with Crippen molar-refractivity contribution < 1.29 is 9.72 Å². The molecular weight excluding hydrogens is 504 g/mol. The molecule has 1 amide bonds. The second-order valence-electron chi connectivity index (χ2n) is 7.10. The molecule has 0 aliphatic heterocycles. The van der Waals surface area contributed by atoms with Gasteiger partial charge in [0.25, 0.3) is 11.6 Å². The number of nitrogens with zero attached hydrogens (tertiary/aromatic N) is 4. The van der Waals surface area contributed by atoms with Crippen LogP contribution in [0.3, 0.4) is 0 Å². The van der Waals surface area contributed by atoms with Crippen molar-refractivity contribution in [1.29, 1.82) is 0 Å². The molecule has 7 nitrogen and oxygen atoms in total. The maximum absolute atomic E-state index is 13.1. The molecule has 1 heterocycles. The molecule has 3 aromatic carbocycles. The molecule has 0 N–H and O–H groups in total. The number of hydrogen-bond acceptors (Lipinski definition) is 6. The van der Waals surface area contributed by atoms with E-state index in [4.69, 9.17) is 0 Å². The minimum atomic E-state index is -0.466. The standard InChI is InChI=1S/C24H17BrN4O3S/c1-16-2-12-21-22(14-16)33-24(27-21)28(26-15-18-3-8-19(25)9-4-18)23(30)13-7-17-5-10-20(11-6-17)29(31)32/h2-15H,1H3/b13-7+,26-15+. The van der Waals surface area contributed by atoms with Crippen molar-refractivity contribution in [2.75, 3.05) is 5.01 Å². The van der Waals surface area contributed by atoms with Crippen LogP contribution in [0.2, 0.25) is 0 Å². The highest BCUT2D eigenvalue weighted by Crippen LogP contribution is 2.30. The van der Waals surface area contributed by atoms with Crippen LogP contribution in [0.1, 0.15) is 16.7 Å². The van der Waals surface area contributed by atoms with E-state index < -0.39 is 10.8 Å². The smallest absolute Gasteiger partial charge is 0.267 e. The van der Waals surface area contributed by atoms with Crippen LogP contribution in [0.4, 0.5) is 10.8 Å². The SMILES string of the molecule is Cc1ccc2nc(N(/N=C/c3ccc(Br)cc3)C(=O)/C=C/c3ccc([N+](=O)[O-])cc3)sc2c1. The Labute approximate surface area is 202 Å². The highest BCUT2D eigenvalue weighted by Gasteiger charge is 2.17. The summed E-state index contributed by atoms with van der Waals surface area (Å²) >= 11 is 4.78. The van der Waals surface area contributed by atoms with Gasteiger partial charge in [0.2, 0.25) is 5.13 Å². The summed E-state index contributed by atoms with van der Waals surface area (Å²) in [5.41, 5.74) is 3.37. The summed E-state index contributed by atoms with van der Waals surface area (Å²) in [4.78, 5) is 28.0. The lowest BCUT2D eigenvalue weighted by Gasteiger charge is -2.11. The fourth-order valence-corrected chi connectivity index (χ4v) is 4.22. The number of fused-ring (bicyclic) bond motifs is 1. The van der Waals surface area contributed by atoms with Gasteiger partial charge in [0.15, 0.2) is 0 Å².